The Hall–Kier alpha value is -3.53. The molecule has 3 aromatic rings. The fourth-order valence-corrected chi connectivity index (χ4v) is 6.28. The molecular weight excluding hydrogens is 512 g/mol. The van der Waals surface area contributed by atoms with Gasteiger partial charge in [0.1, 0.15) is 18.1 Å². The van der Waals surface area contributed by atoms with Gasteiger partial charge in [-0.3, -0.25) is 0 Å². The third kappa shape index (κ3) is 4.93. The predicted molar refractivity (Wildman–Crippen MR) is 154 cm³/mol. The maximum absolute atomic E-state index is 15.1. The van der Waals surface area contributed by atoms with Crippen molar-refractivity contribution < 1.29 is 13.5 Å². The summed E-state index contributed by atoms with van der Waals surface area (Å²) in [4.78, 5) is 20.3. The Balaban J connectivity index is 1.29. The van der Waals surface area contributed by atoms with Gasteiger partial charge in [-0.1, -0.05) is 0 Å². The number of nitrogens with one attached hydrogen (secondary N) is 1. The minimum absolute atomic E-state index is 0.0329. The van der Waals surface area contributed by atoms with Crippen molar-refractivity contribution >= 4 is 23.1 Å². The maximum atomic E-state index is 15.1. The highest BCUT2D eigenvalue weighted by molar-refractivity contribution is 5.73. The number of halogens is 2. The van der Waals surface area contributed by atoms with Gasteiger partial charge in [0.05, 0.1) is 30.3 Å². The molecular formula is C30H37F2N7O. The number of hydrogen-bond acceptors (Lipinski definition) is 8. The van der Waals surface area contributed by atoms with Crippen LogP contribution in [0.25, 0.3) is 11.3 Å². The lowest BCUT2D eigenvalue weighted by molar-refractivity contribution is 0.249. The van der Waals surface area contributed by atoms with Crippen LogP contribution in [0.15, 0.2) is 24.5 Å². The highest BCUT2D eigenvalue weighted by atomic mass is 19.1. The van der Waals surface area contributed by atoms with E-state index in [9.17, 15) is 0 Å². The third-order valence-corrected chi connectivity index (χ3v) is 8.45. The molecule has 1 aromatic carbocycles. The highest BCUT2D eigenvalue weighted by Crippen LogP contribution is 2.40. The van der Waals surface area contributed by atoms with Crippen LogP contribution in [0.3, 0.4) is 0 Å². The number of fused-ring (bicyclic) bond motifs is 2. The molecule has 8 nitrogen and oxygen atoms in total. The SMILES string of the molecule is CC(C)N1CCOc2c(F)cc(-c3nc(Nc4ncc(N5CCC(N(C)C)CC5)c5c4CCC5)ncc3F)cc21. The second-order valence-corrected chi connectivity index (χ2v) is 11.4. The fourth-order valence-electron chi connectivity index (χ4n) is 6.28. The van der Waals surface area contributed by atoms with E-state index in [4.69, 9.17) is 9.72 Å². The van der Waals surface area contributed by atoms with Gasteiger partial charge in [-0.2, -0.15) is 0 Å². The van der Waals surface area contributed by atoms with Crippen LogP contribution in [0.2, 0.25) is 0 Å². The summed E-state index contributed by atoms with van der Waals surface area (Å²) in [6, 6.07) is 3.78. The molecule has 10 heteroatoms. The van der Waals surface area contributed by atoms with Crippen LogP contribution < -0.4 is 19.9 Å². The van der Waals surface area contributed by atoms with Crippen LogP contribution in [0, 0.1) is 11.6 Å². The van der Waals surface area contributed by atoms with E-state index in [1.807, 2.05) is 20.0 Å². The number of anilines is 4. The molecule has 0 radical (unpaired) electrons. The van der Waals surface area contributed by atoms with Crippen molar-refractivity contribution in [1.82, 2.24) is 19.9 Å². The quantitative estimate of drug-likeness (QED) is 0.451. The molecule has 0 bridgehead atoms. The molecule has 0 unspecified atom stereocenters. The van der Waals surface area contributed by atoms with Crippen molar-refractivity contribution in [3.8, 4) is 17.0 Å². The average molecular weight is 550 g/mol. The summed E-state index contributed by atoms with van der Waals surface area (Å²) in [5, 5.41) is 3.24. The number of piperidine rings is 1. The van der Waals surface area contributed by atoms with E-state index in [2.05, 4.69) is 44.1 Å². The van der Waals surface area contributed by atoms with Gasteiger partial charge in [-0.15, -0.1) is 0 Å². The minimum atomic E-state index is -0.618. The Labute approximate surface area is 234 Å². The van der Waals surface area contributed by atoms with Crippen LogP contribution in [0.4, 0.5) is 31.9 Å². The van der Waals surface area contributed by atoms with Crippen LogP contribution in [-0.4, -0.2) is 72.3 Å². The molecule has 4 heterocycles. The van der Waals surface area contributed by atoms with Gasteiger partial charge >= 0.3 is 0 Å². The first-order valence-corrected chi connectivity index (χ1v) is 14.2. The second kappa shape index (κ2) is 10.8. The molecule has 1 aliphatic carbocycles. The van der Waals surface area contributed by atoms with E-state index >= 15 is 8.78 Å². The number of nitrogens with zero attached hydrogens (tertiary/aromatic N) is 6. The van der Waals surface area contributed by atoms with Crippen LogP contribution in [0.5, 0.6) is 5.75 Å². The van der Waals surface area contributed by atoms with Crippen LogP contribution >= 0.6 is 0 Å². The fraction of sp³-hybridized carbons (Fsp3) is 0.500. The summed E-state index contributed by atoms with van der Waals surface area (Å²) in [6.45, 7) is 7.15. The normalized spacial score (nSPS) is 17.3. The lowest BCUT2D eigenvalue weighted by atomic mass is 10.0. The average Bonchev–Trinajstić information content (AvgIpc) is 3.44. The van der Waals surface area contributed by atoms with E-state index in [1.54, 1.807) is 6.07 Å². The first kappa shape index (κ1) is 26.7. The predicted octanol–water partition coefficient (Wildman–Crippen LogP) is 5.19. The van der Waals surface area contributed by atoms with Gasteiger partial charge in [0.25, 0.3) is 0 Å². The Kier molecular flexibility index (Phi) is 7.20. The van der Waals surface area contributed by atoms with E-state index in [1.165, 1.54) is 22.9 Å². The second-order valence-electron chi connectivity index (χ2n) is 11.4. The standard InChI is InChI=1S/C30H37F2N7O/c1-18(2)39-12-13-40-28-23(31)14-19(15-25(28)39)27-24(32)16-34-30(35-27)36-29-22-7-5-6-21(22)26(17-33-29)38-10-8-20(9-11-38)37(3)4/h14-18,20H,5-13H2,1-4H3,(H,33,34,35,36). The molecule has 0 spiro atoms. The van der Waals surface area contributed by atoms with Crippen molar-refractivity contribution in [2.75, 3.05) is 55.5 Å². The zero-order valence-electron chi connectivity index (χ0n) is 23.7. The third-order valence-electron chi connectivity index (χ3n) is 8.45. The first-order valence-electron chi connectivity index (χ1n) is 14.2. The number of benzene rings is 1. The van der Waals surface area contributed by atoms with E-state index < -0.39 is 11.6 Å². The molecule has 0 amide bonds. The molecule has 1 fully saturated rings. The minimum Gasteiger partial charge on any atom is -0.486 e. The van der Waals surface area contributed by atoms with Crippen molar-refractivity contribution in [3.63, 3.8) is 0 Å². The van der Waals surface area contributed by atoms with Gasteiger partial charge in [-0.25, -0.2) is 23.7 Å². The topological polar surface area (TPSA) is 69.7 Å². The Bertz CT molecular complexity index is 1410. The van der Waals surface area contributed by atoms with Crippen molar-refractivity contribution in [3.05, 3.63) is 47.3 Å². The number of pyridine rings is 1. The van der Waals surface area contributed by atoms with E-state index in [0.29, 0.717) is 36.3 Å². The van der Waals surface area contributed by atoms with Crippen LogP contribution in [-0.2, 0) is 12.8 Å². The van der Waals surface area contributed by atoms with Gasteiger partial charge in [0.15, 0.2) is 17.4 Å². The molecule has 2 aliphatic heterocycles. The van der Waals surface area contributed by atoms with Crippen molar-refractivity contribution in [1.29, 1.82) is 0 Å². The molecule has 212 valence electrons. The van der Waals surface area contributed by atoms with Gasteiger partial charge in [0.2, 0.25) is 5.95 Å². The van der Waals surface area contributed by atoms with E-state index in [0.717, 1.165) is 51.4 Å². The summed E-state index contributed by atoms with van der Waals surface area (Å²) in [7, 11) is 4.31. The first-order chi connectivity index (χ1) is 19.3. The number of ether oxygens (including phenoxy) is 1. The summed E-state index contributed by atoms with van der Waals surface area (Å²) >= 11 is 0. The van der Waals surface area contributed by atoms with Crippen molar-refractivity contribution in [2.24, 2.45) is 0 Å². The maximum Gasteiger partial charge on any atom is 0.229 e. The molecule has 0 atom stereocenters. The summed E-state index contributed by atoms with van der Waals surface area (Å²) < 4.78 is 35.7. The Morgan fingerprint density at radius 2 is 1.75 bits per heavy atom. The zero-order valence-corrected chi connectivity index (χ0v) is 23.7. The number of rotatable bonds is 6. The van der Waals surface area contributed by atoms with Gasteiger partial charge < -0.3 is 24.8 Å². The largest absolute Gasteiger partial charge is 0.486 e. The molecule has 1 N–H and O–H groups in total. The summed E-state index contributed by atoms with van der Waals surface area (Å²) in [6.07, 6.45) is 8.34. The molecule has 40 heavy (non-hydrogen) atoms. The molecule has 0 saturated carbocycles. The van der Waals surface area contributed by atoms with Gasteiger partial charge in [-0.05, 0) is 77.7 Å². The number of aromatic nitrogens is 3. The van der Waals surface area contributed by atoms with Crippen molar-refractivity contribution in [2.45, 2.75) is 58.0 Å². The monoisotopic (exact) mass is 549 g/mol. The van der Waals surface area contributed by atoms with E-state index in [-0.39, 0.29) is 23.4 Å². The Morgan fingerprint density at radius 1 is 0.975 bits per heavy atom. The number of hydrogen-bond donors (Lipinski definition) is 1. The highest BCUT2D eigenvalue weighted by Gasteiger charge is 2.28. The molecule has 3 aliphatic rings. The molecule has 6 rings (SSSR count). The lowest BCUT2D eigenvalue weighted by Crippen LogP contribution is -2.42. The summed E-state index contributed by atoms with van der Waals surface area (Å²) in [5.74, 6) is -0.0228. The molecule has 1 saturated heterocycles. The van der Waals surface area contributed by atoms with Crippen LogP contribution in [0.1, 0.15) is 44.2 Å². The Morgan fingerprint density at radius 3 is 2.50 bits per heavy atom. The lowest BCUT2D eigenvalue weighted by Gasteiger charge is -2.37. The zero-order chi connectivity index (χ0) is 28.0. The van der Waals surface area contributed by atoms with Gasteiger partial charge in [0, 0.05) is 36.3 Å². The molecule has 2 aromatic heterocycles. The summed E-state index contributed by atoms with van der Waals surface area (Å²) in [5.41, 5.74) is 4.70. The smallest absolute Gasteiger partial charge is 0.229 e.